The molecule has 124 valence electrons. The molecule has 1 fully saturated rings. The number of allylic oxidation sites excluding steroid dienone is 4. The Kier molecular flexibility index (Phi) is 3.92. The number of hydrogen-bond acceptors (Lipinski definition) is 4. The van der Waals surface area contributed by atoms with E-state index in [9.17, 15) is 0 Å². The first kappa shape index (κ1) is 15.1. The Labute approximate surface area is 142 Å². The summed E-state index contributed by atoms with van der Waals surface area (Å²) in [6.07, 6.45) is 15.2. The number of fused-ring (bicyclic) bond motifs is 1. The zero-order valence-corrected chi connectivity index (χ0v) is 14.2. The Bertz CT molecular complexity index is 802. The topological polar surface area (TPSA) is 55.6 Å². The van der Waals surface area contributed by atoms with Gasteiger partial charge in [-0.15, -0.1) is 0 Å². The van der Waals surface area contributed by atoms with E-state index in [1.807, 2.05) is 25.5 Å². The van der Waals surface area contributed by atoms with Gasteiger partial charge in [-0.2, -0.15) is 5.10 Å². The van der Waals surface area contributed by atoms with Crippen LogP contribution in [0.3, 0.4) is 0 Å². The quantitative estimate of drug-likeness (QED) is 0.921. The summed E-state index contributed by atoms with van der Waals surface area (Å²) in [4.78, 5) is 9.01. The maximum atomic E-state index is 4.68. The first-order chi connectivity index (χ1) is 11.7. The molecule has 2 aromatic heterocycles. The number of hydrogen-bond donors (Lipinski definition) is 1. The number of aryl methyl sites for hydroxylation is 1. The molecule has 0 bridgehead atoms. The highest BCUT2D eigenvalue weighted by Gasteiger charge is 2.31. The summed E-state index contributed by atoms with van der Waals surface area (Å²) < 4.78 is 1.75. The first-order valence-corrected chi connectivity index (χ1v) is 8.72. The molecule has 0 amide bonds. The lowest BCUT2D eigenvalue weighted by molar-refractivity contribution is 0.410. The Hall–Kier alpha value is -2.43. The van der Waals surface area contributed by atoms with E-state index in [1.165, 1.54) is 24.8 Å². The van der Waals surface area contributed by atoms with E-state index in [2.05, 4.69) is 39.5 Å². The predicted octanol–water partition coefficient (Wildman–Crippen LogP) is 4.10. The average molecular weight is 321 g/mol. The van der Waals surface area contributed by atoms with Gasteiger partial charge in [0, 0.05) is 19.4 Å². The number of anilines is 2. The third-order valence-electron chi connectivity index (χ3n) is 5.22. The van der Waals surface area contributed by atoms with Crippen molar-refractivity contribution in [3.05, 3.63) is 48.1 Å². The van der Waals surface area contributed by atoms with Crippen LogP contribution in [0, 0.1) is 11.8 Å². The van der Waals surface area contributed by atoms with Crippen molar-refractivity contribution in [3.8, 4) is 0 Å². The van der Waals surface area contributed by atoms with Gasteiger partial charge < -0.3 is 5.32 Å². The Balaban J connectivity index is 1.55. The summed E-state index contributed by atoms with van der Waals surface area (Å²) in [7, 11) is 1.89. The van der Waals surface area contributed by atoms with Crippen LogP contribution >= 0.6 is 0 Å². The highest BCUT2D eigenvalue weighted by Crippen LogP contribution is 2.44. The summed E-state index contributed by atoms with van der Waals surface area (Å²) in [5.41, 5.74) is 4.73. The zero-order chi connectivity index (χ0) is 16.5. The number of nitrogens with zero attached hydrogens (tertiary/aromatic N) is 4. The van der Waals surface area contributed by atoms with Gasteiger partial charge in [0.05, 0.1) is 17.6 Å². The monoisotopic (exact) mass is 321 g/mol. The van der Waals surface area contributed by atoms with Gasteiger partial charge in [-0.3, -0.25) is 4.68 Å². The van der Waals surface area contributed by atoms with Crippen molar-refractivity contribution in [2.24, 2.45) is 18.9 Å². The van der Waals surface area contributed by atoms with Crippen LogP contribution in [-0.2, 0) is 7.05 Å². The molecule has 24 heavy (non-hydrogen) atoms. The largest absolute Gasteiger partial charge is 0.321 e. The van der Waals surface area contributed by atoms with E-state index < -0.39 is 0 Å². The van der Waals surface area contributed by atoms with Crippen molar-refractivity contribution in [1.29, 1.82) is 0 Å². The lowest BCUT2D eigenvalue weighted by Crippen LogP contribution is -2.10. The van der Waals surface area contributed by atoms with E-state index in [1.54, 1.807) is 16.5 Å². The molecule has 1 N–H and O–H groups in total. The standard InChI is InChI=1S/C19H23N5/c1-3-13-4-5-14-10-15(6-7-17(13)14)18-8-9-20-19(23-18)22-16-11-21-24(2)12-16/h6,8-13,17H,3-5,7H2,1-2H3,(H,20,22,23). The second-order valence-electron chi connectivity index (χ2n) is 6.72. The molecule has 2 unspecified atom stereocenters. The van der Waals surface area contributed by atoms with E-state index in [0.717, 1.165) is 29.6 Å². The third-order valence-corrected chi connectivity index (χ3v) is 5.22. The van der Waals surface area contributed by atoms with Crippen LogP contribution in [0.25, 0.3) is 5.57 Å². The molecule has 5 nitrogen and oxygen atoms in total. The fourth-order valence-corrected chi connectivity index (χ4v) is 3.94. The maximum absolute atomic E-state index is 4.68. The second kappa shape index (κ2) is 6.23. The molecule has 0 radical (unpaired) electrons. The van der Waals surface area contributed by atoms with Crippen LogP contribution in [0.2, 0.25) is 0 Å². The predicted molar refractivity (Wildman–Crippen MR) is 95.7 cm³/mol. The molecular weight excluding hydrogens is 298 g/mol. The van der Waals surface area contributed by atoms with Crippen LogP contribution in [-0.4, -0.2) is 19.7 Å². The lowest BCUT2D eigenvalue weighted by atomic mass is 9.83. The summed E-state index contributed by atoms with van der Waals surface area (Å²) in [6.45, 7) is 2.31. The van der Waals surface area contributed by atoms with Gasteiger partial charge in [-0.1, -0.05) is 31.1 Å². The van der Waals surface area contributed by atoms with Gasteiger partial charge >= 0.3 is 0 Å². The van der Waals surface area contributed by atoms with Crippen LogP contribution in [0.4, 0.5) is 11.6 Å². The lowest BCUT2D eigenvalue weighted by Gasteiger charge is -2.22. The van der Waals surface area contributed by atoms with Crippen molar-refractivity contribution in [2.75, 3.05) is 5.32 Å². The molecule has 2 aliphatic carbocycles. The first-order valence-electron chi connectivity index (χ1n) is 8.72. The average Bonchev–Trinajstić information content (AvgIpc) is 3.20. The van der Waals surface area contributed by atoms with Crippen molar-refractivity contribution < 1.29 is 0 Å². The molecule has 2 aromatic rings. The van der Waals surface area contributed by atoms with Crippen LogP contribution in [0.15, 0.2) is 42.4 Å². The minimum atomic E-state index is 0.611. The fraction of sp³-hybridized carbons (Fsp3) is 0.421. The van der Waals surface area contributed by atoms with Crippen LogP contribution in [0.5, 0.6) is 0 Å². The van der Waals surface area contributed by atoms with Gasteiger partial charge in [-0.05, 0) is 42.7 Å². The minimum Gasteiger partial charge on any atom is -0.321 e. The molecule has 0 aliphatic heterocycles. The Morgan fingerprint density at radius 2 is 2.29 bits per heavy atom. The number of aromatic nitrogens is 4. The van der Waals surface area contributed by atoms with Crippen molar-refractivity contribution in [1.82, 2.24) is 19.7 Å². The fourth-order valence-electron chi connectivity index (χ4n) is 3.94. The van der Waals surface area contributed by atoms with Gasteiger partial charge in [0.25, 0.3) is 0 Å². The zero-order valence-electron chi connectivity index (χ0n) is 14.2. The van der Waals surface area contributed by atoms with Gasteiger partial charge in [0.1, 0.15) is 0 Å². The van der Waals surface area contributed by atoms with E-state index in [0.29, 0.717) is 5.95 Å². The van der Waals surface area contributed by atoms with Crippen molar-refractivity contribution in [3.63, 3.8) is 0 Å². The summed E-state index contributed by atoms with van der Waals surface area (Å²) in [5.74, 6) is 2.23. The molecule has 2 aliphatic rings. The van der Waals surface area contributed by atoms with Gasteiger partial charge in [0.2, 0.25) is 5.95 Å². The maximum Gasteiger partial charge on any atom is 0.227 e. The van der Waals surface area contributed by atoms with E-state index in [-0.39, 0.29) is 0 Å². The summed E-state index contributed by atoms with van der Waals surface area (Å²) in [5, 5.41) is 7.37. The number of nitrogens with one attached hydrogen (secondary N) is 1. The summed E-state index contributed by atoms with van der Waals surface area (Å²) in [6, 6.07) is 1.99. The molecule has 0 aromatic carbocycles. The summed E-state index contributed by atoms with van der Waals surface area (Å²) >= 11 is 0. The molecule has 2 heterocycles. The van der Waals surface area contributed by atoms with Crippen LogP contribution in [0.1, 0.15) is 38.3 Å². The normalized spacial score (nSPS) is 22.8. The van der Waals surface area contributed by atoms with E-state index in [4.69, 9.17) is 0 Å². The molecular formula is C19H23N5. The molecule has 0 spiro atoms. The van der Waals surface area contributed by atoms with Crippen molar-refractivity contribution in [2.45, 2.75) is 32.6 Å². The molecule has 5 heteroatoms. The number of rotatable bonds is 4. The van der Waals surface area contributed by atoms with Gasteiger partial charge in [0.15, 0.2) is 0 Å². The minimum absolute atomic E-state index is 0.611. The van der Waals surface area contributed by atoms with Crippen LogP contribution < -0.4 is 5.32 Å². The van der Waals surface area contributed by atoms with Crippen molar-refractivity contribution >= 4 is 17.2 Å². The molecule has 4 rings (SSSR count). The third kappa shape index (κ3) is 2.86. The Morgan fingerprint density at radius 1 is 1.38 bits per heavy atom. The second-order valence-corrected chi connectivity index (χ2v) is 6.72. The SMILES string of the molecule is CCC1CCC2=CC(c3ccnc(Nc4cnn(C)c4)n3)=CCC21. The highest BCUT2D eigenvalue weighted by atomic mass is 15.3. The molecule has 0 saturated heterocycles. The Morgan fingerprint density at radius 3 is 3.08 bits per heavy atom. The van der Waals surface area contributed by atoms with Gasteiger partial charge in [-0.25, -0.2) is 9.97 Å². The van der Waals surface area contributed by atoms with E-state index >= 15 is 0 Å². The highest BCUT2D eigenvalue weighted by molar-refractivity contribution is 5.74. The smallest absolute Gasteiger partial charge is 0.227 e. The molecule has 2 atom stereocenters. The molecule has 1 saturated carbocycles.